The Kier molecular flexibility index (Phi) is 15.1. The molecule has 2 heteroatoms. The molecule has 182 valence electrons. The second kappa shape index (κ2) is 18.0. The van der Waals surface area contributed by atoms with Crippen LogP contribution in [0.3, 0.4) is 0 Å². The molecule has 1 heterocycles. The molecule has 0 saturated carbocycles. The molecule has 0 N–H and O–H groups in total. The third-order valence-corrected chi connectivity index (χ3v) is 7.01. The maximum atomic E-state index is 2.64. The van der Waals surface area contributed by atoms with Crippen LogP contribution in [0, 0.1) is 0 Å². The zero-order valence-electron chi connectivity index (χ0n) is 21.4. The highest BCUT2D eigenvalue weighted by Gasteiger charge is 2.25. The van der Waals surface area contributed by atoms with E-state index in [-0.39, 0.29) is 0 Å². The van der Waals surface area contributed by atoms with Crippen LogP contribution in [-0.2, 0) is 6.54 Å². The first-order chi connectivity index (χ1) is 15.8. The lowest BCUT2D eigenvalue weighted by Crippen LogP contribution is -2.38. The monoisotopic (exact) mass is 440 g/mol. The van der Waals surface area contributed by atoms with Gasteiger partial charge < -0.3 is 9.80 Å². The SMILES string of the molecule is CCCCCCCCCCCN1C=CN(Cc2ccccc2)C1CCCCCCCCC. The molecular formula is C30H52N2. The third kappa shape index (κ3) is 11.4. The fourth-order valence-corrected chi connectivity index (χ4v) is 4.96. The predicted octanol–water partition coefficient (Wildman–Crippen LogP) is 9.27. The number of hydrogen-bond donors (Lipinski definition) is 0. The molecule has 2 nitrogen and oxygen atoms in total. The van der Waals surface area contributed by atoms with Crippen LogP contribution in [0.4, 0.5) is 0 Å². The lowest BCUT2D eigenvalue weighted by molar-refractivity contribution is 0.132. The number of nitrogens with zero attached hydrogens (tertiary/aromatic N) is 2. The smallest absolute Gasteiger partial charge is 0.101 e. The summed E-state index contributed by atoms with van der Waals surface area (Å²) in [5.74, 6) is 0. The van der Waals surface area contributed by atoms with Gasteiger partial charge in [0.25, 0.3) is 0 Å². The summed E-state index contributed by atoms with van der Waals surface area (Å²) >= 11 is 0. The van der Waals surface area contributed by atoms with E-state index in [1.54, 1.807) is 0 Å². The molecule has 0 radical (unpaired) electrons. The average Bonchev–Trinajstić information content (AvgIpc) is 3.19. The quantitative estimate of drug-likeness (QED) is 0.186. The van der Waals surface area contributed by atoms with Gasteiger partial charge in [-0.1, -0.05) is 134 Å². The molecule has 0 bridgehead atoms. The van der Waals surface area contributed by atoms with Gasteiger partial charge in [-0.05, 0) is 24.8 Å². The molecule has 1 aromatic rings. The molecule has 0 saturated heterocycles. The Balaban J connectivity index is 1.70. The summed E-state index contributed by atoms with van der Waals surface area (Å²) in [6, 6.07) is 11.0. The average molecular weight is 441 g/mol. The van der Waals surface area contributed by atoms with Crippen LogP contribution in [0.25, 0.3) is 0 Å². The summed E-state index contributed by atoms with van der Waals surface area (Å²) in [7, 11) is 0. The van der Waals surface area contributed by atoms with Gasteiger partial charge in [-0.2, -0.15) is 0 Å². The maximum absolute atomic E-state index is 2.64. The second-order valence-corrected chi connectivity index (χ2v) is 9.91. The minimum absolute atomic E-state index is 0.555. The molecule has 0 spiro atoms. The van der Waals surface area contributed by atoms with Crippen molar-refractivity contribution in [3.8, 4) is 0 Å². The van der Waals surface area contributed by atoms with E-state index < -0.39 is 0 Å². The third-order valence-electron chi connectivity index (χ3n) is 7.01. The first kappa shape index (κ1) is 26.8. The Morgan fingerprint density at radius 3 is 1.66 bits per heavy atom. The van der Waals surface area contributed by atoms with Gasteiger partial charge in [-0.15, -0.1) is 0 Å². The standard InChI is InChI=1S/C30H52N2/c1-3-5-7-9-11-12-14-16-21-25-31-26-27-32(28-29-22-18-17-19-23-29)30(31)24-20-15-13-10-8-6-4-2/h17-19,22-23,26-27,30H,3-16,20-21,24-25,28H2,1-2H3. The molecule has 1 aliphatic rings. The molecule has 0 aliphatic carbocycles. The Bertz CT molecular complexity index is 567. The van der Waals surface area contributed by atoms with Crippen molar-refractivity contribution in [2.24, 2.45) is 0 Å². The molecule has 32 heavy (non-hydrogen) atoms. The summed E-state index contributed by atoms with van der Waals surface area (Å²) in [5.41, 5.74) is 1.42. The van der Waals surface area contributed by atoms with E-state index in [0.29, 0.717) is 6.17 Å². The molecule has 0 aromatic heterocycles. The van der Waals surface area contributed by atoms with Crippen molar-refractivity contribution in [1.82, 2.24) is 9.80 Å². The fraction of sp³-hybridized carbons (Fsp3) is 0.733. The lowest BCUT2D eigenvalue weighted by atomic mass is 10.1. The van der Waals surface area contributed by atoms with Gasteiger partial charge in [-0.25, -0.2) is 0 Å². The van der Waals surface area contributed by atoms with E-state index in [1.807, 2.05) is 0 Å². The van der Waals surface area contributed by atoms with Crippen molar-refractivity contribution in [2.75, 3.05) is 6.54 Å². The van der Waals surface area contributed by atoms with Crippen molar-refractivity contribution in [2.45, 2.75) is 136 Å². The topological polar surface area (TPSA) is 6.48 Å². The van der Waals surface area contributed by atoms with Crippen LogP contribution in [0.15, 0.2) is 42.7 Å². The number of rotatable bonds is 20. The van der Waals surface area contributed by atoms with Crippen molar-refractivity contribution >= 4 is 0 Å². The normalized spacial score (nSPS) is 15.8. The van der Waals surface area contributed by atoms with Gasteiger partial charge in [0.1, 0.15) is 6.17 Å². The number of unbranched alkanes of at least 4 members (excludes halogenated alkanes) is 14. The molecule has 1 aliphatic heterocycles. The van der Waals surface area contributed by atoms with Crippen LogP contribution in [0.5, 0.6) is 0 Å². The van der Waals surface area contributed by atoms with Crippen molar-refractivity contribution < 1.29 is 0 Å². The second-order valence-electron chi connectivity index (χ2n) is 9.91. The molecular weight excluding hydrogens is 388 g/mol. The van der Waals surface area contributed by atoms with E-state index >= 15 is 0 Å². The first-order valence-corrected chi connectivity index (χ1v) is 14.1. The molecule has 0 amide bonds. The molecule has 1 atom stereocenters. The van der Waals surface area contributed by atoms with Crippen LogP contribution in [-0.4, -0.2) is 22.5 Å². The lowest BCUT2D eigenvalue weighted by Gasteiger charge is -2.33. The van der Waals surface area contributed by atoms with Gasteiger partial charge in [0.2, 0.25) is 0 Å². The summed E-state index contributed by atoms with van der Waals surface area (Å²) in [6.07, 6.45) is 29.0. The Morgan fingerprint density at radius 1 is 0.562 bits per heavy atom. The minimum Gasteiger partial charge on any atom is -0.356 e. The van der Waals surface area contributed by atoms with Crippen LogP contribution in [0.1, 0.15) is 129 Å². The molecule has 1 aromatic carbocycles. The van der Waals surface area contributed by atoms with E-state index in [0.717, 1.165) is 6.54 Å². The Morgan fingerprint density at radius 2 is 1.06 bits per heavy atom. The minimum atomic E-state index is 0.555. The van der Waals surface area contributed by atoms with Gasteiger partial charge in [0, 0.05) is 25.5 Å². The van der Waals surface area contributed by atoms with E-state index in [9.17, 15) is 0 Å². The van der Waals surface area contributed by atoms with Crippen molar-refractivity contribution in [3.63, 3.8) is 0 Å². The van der Waals surface area contributed by atoms with Gasteiger partial charge in [-0.3, -0.25) is 0 Å². The van der Waals surface area contributed by atoms with Crippen molar-refractivity contribution in [1.29, 1.82) is 0 Å². The molecule has 1 unspecified atom stereocenters. The van der Waals surface area contributed by atoms with E-state index in [1.165, 1.54) is 121 Å². The summed E-state index contributed by atoms with van der Waals surface area (Å²) in [5, 5.41) is 0. The van der Waals surface area contributed by atoms with Gasteiger partial charge in [0.05, 0.1) is 0 Å². The zero-order valence-corrected chi connectivity index (χ0v) is 21.4. The Labute approximate surface area is 200 Å². The van der Waals surface area contributed by atoms with Gasteiger partial charge in [0.15, 0.2) is 0 Å². The Hall–Kier alpha value is -1.44. The highest BCUT2D eigenvalue weighted by molar-refractivity contribution is 5.15. The highest BCUT2D eigenvalue weighted by atomic mass is 15.4. The first-order valence-electron chi connectivity index (χ1n) is 14.1. The van der Waals surface area contributed by atoms with Crippen LogP contribution < -0.4 is 0 Å². The molecule has 2 rings (SSSR count). The number of benzene rings is 1. The van der Waals surface area contributed by atoms with E-state index in [4.69, 9.17) is 0 Å². The van der Waals surface area contributed by atoms with Crippen molar-refractivity contribution in [3.05, 3.63) is 48.3 Å². The van der Waals surface area contributed by atoms with Gasteiger partial charge >= 0.3 is 0 Å². The maximum Gasteiger partial charge on any atom is 0.101 e. The summed E-state index contributed by atoms with van der Waals surface area (Å²) in [6.45, 7) is 6.86. The van der Waals surface area contributed by atoms with Crippen LogP contribution in [0.2, 0.25) is 0 Å². The number of hydrogen-bond acceptors (Lipinski definition) is 2. The largest absolute Gasteiger partial charge is 0.356 e. The van der Waals surface area contributed by atoms with E-state index in [2.05, 4.69) is 66.4 Å². The highest BCUT2D eigenvalue weighted by Crippen LogP contribution is 2.25. The summed E-state index contributed by atoms with van der Waals surface area (Å²) in [4.78, 5) is 5.22. The summed E-state index contributed by atoms with van der Waals surface area (Å²) < 4.78 is 0. The fourth-order valence-electron chi connectivity index (χ4n) is 4.96. The van der Waals surface area contributed by atoms with Crippen LogP contribution >= 0.6 is 0 Å². The zero-order chi connectivity index (χ0) is 22.7. The molecule has 0 fully saturated rings. The predicted molar refractivity (Wildman–Crippen MR) is 141 cm³/mol.